The summed E-state index contributed by atoms with van der Waals surface area (Å²) in [6, 6.07) is 7.26. The van der Waals surface area contributed by atoms with Crippen LogP contribution in [0.2, 0.25) is 0 Å². The molecule has 0 aromatic heterocycles. The highest BCUT2D eigenvalue weighted by Gasteiger charge is 2.02. The van der Waals surface area contributed by atoms with Crippen molar-refractivity contribution in [3.05, 3.63) is 24.3 Å². The molecule has 19 heavy (non-hydrogen) atoms. The van der Waals surface area contributed by atoms with Crippen LogP contribution >= 0.6 is 11.8 Å². The van der Waals surface area contributed by atoms with Crippen LogP contribution in [0.5, 0.6) is 5.75 Å². The van der Waals surface area contributed by atoms with Crippen molar-refractivity contribution >= 4 is 23.4 Å². The first kappa shape index (κ1) is 15.4. The maximum atomic E-state index is 11.6. The van der Waals surface area contributed by atoms with Gasteiger partial charge in [0, 0.05) is 24.1 Å². The fourth-order valence-corrected chi connectivity index (χ4v) is 1.93. The first-order chi connectivity index (χ1) is 9.26. The standard InChI is InChI=1S/C14H18N2O2S/c1-3-8-19-9-7-15-11-14(17)16-12-5-4-6-13(10-12)18-2/h1,4-6,10,15H,7-9,11H2,2H3,(H,16,17). The quantitative estimate of drug-likeness (QED) is 0.560. The molecule has 0 atom stereocenters. The number of anilines is 1. The number of benzene rings is 1. The number of rotatable bonds is 8. The van der Waals surface area contributed by atoms with Crippen LogP contribution in [0.4, 0.5) is 5.69 Å². The van der Waals surface area contributed by atoms with Crippen LogP contribution < -0.4 is 15.4 Å². The minimum absolute atomic E-state index is 0.0739. The van der Waals surface area contributed by atoms with Gasteiger partial charge in [0.15, 0.2) is 0 Å². The SMILES string of the molecule is C#CCSCCNCC(=O)Nc1cccc(OC)c1. The third-order valence-corrected chi connectivity index (χ3v) is 3.11. The molecule has 1 aromatic rings. The summed E-state index contributed by atoms with van der Waals surface area (Å²) in [6.07, 6.45) is 5.14. The molecule has 0 aliphatic heterocycles. The smallest absolute Gasteiger partial charge is 0.238 e. The van der Waals surface area contributed by atoms with E-state index in [2.05, 4.69) is 16.6 Å². The Labute approximate surface area is 118 Å². The van der Waals surface area contributed by atoms with Crippen LogP contribution in [0.15, 0.2) is 24.3 Å². The number of carbonyl (C=O) groups is 1. The monoisotopic (exact) mass is 278 g/mol. The molecule has 0 heterocycles. The molecule has 0 unspecified atom stereocenters. The third-order valence-electron chi connectivity index (χ3n) is 2.25. The number of ether oxygens (including phenoxy) is 1. The molecule has 4 nitrogen and oxygen atoms in total. The summed E-state index contributed by atoms with van der Waals surface area (Å²) in [5.74, 6) is 4.81. The summed E-state index contributed by atoms with van der Waals surface area (Å²) in [7, 11) is 1.59. The van der Waals surface area contributed by atoms with Gasteiger partial charge in [0.2, 0.25) is 5.91 Å². The van der Waals surface area contributed by atoms with Crippen molar-refractivity contribution in [1.82, 2.24) is 5.32 Å². The van der Waals surface area contributed by atoms with Gasteiger partial charge in [-0.15, -0.1) is 18.2 Å². The third kappa shape index (κ3) is 6.75. The molecule has 0 aliphatic carbocycles. The number of methoxy groups -OCH3 is 1. The lowest BCUT2D eigenvalue weighted by atomic mass is 10.3. The fourth-order valence-electron chi connectivity index (χ4n) is 1.38. The Hall–Kier alpha value is -1.64. The minimum atomic E-state index is -0.0739. The number of hydrogen-bond donors (Lipinski definition) is 2. The van der Waals surface area contributed by atoms with Gasteiger partial charge in [0.05, 0.1) is 19.4 Å². The maximum Gasteiger partial charge on any atom is 0.238 e. The molecule has 102 valence electrons. The number of nitrogens with one attached hydrogen (secondary N) is 2. The van der Waals surface area contributed by atoms with E-state index in [1.807, 2.05) is 18.2 Å². The second kappa shape index (κ2) is 9.31. The van der Waals surface area contributed by atoms with E-state index < -0.39 is 0 Å². The van der Waals surface area contributed by atoms with E-state index in [9.17, 15) is 4.79 Å². The molecule has 0 fully saturated rings. The van der Waals surface area contributed by atoms with E-state index in [4.69, 9.17) is 11.2 Å². The molecular weight excluding hydrogens is 260 g/mol. The highest BCUT2D eigenvalue weighted by molar-refractivity contribution is 7.99. The highest BCUT2D eigenvalue weighted by Crippen LogP contribution is 2.16. The topological polar surface area (TPSA) is 50.4 Å². The normalized spacial score (nSPS) is 9.68. The number of thioether (sulfide) groups is 1. The van der Waals surface area contributed by atoms with Gasteiger partial charge in [-0.05, 0) is 12.1 Å². The Morgan fingerprint density at radius 3 is 3.11 bits per heavy atom. The van der Waals surface area contributed by atoms with Crippen LogP contribution in [0.3, 0.4) is 0 Å². The lowest BCUT2D eigenvalue weighted by Crippen LogP contribution is -2.29. The number of amides is 1. The predicted octanol–water partition coefficient (Wildman–Crippen LogP) is 1.59. The molecule has 1 aromatic carbocycles. The second-order valence-corrected chi connectivity index (χ2v) is 4.82. The van der Waals surface area contributed by atoms with E-state index in [1.54, 1.807) is 24.9 Å². The lowest BCUT2D eigenvalue weighted by molar-refractivity contribution is -0.115. The van der Waals surface area contributed by atoms with Gasteiger partial charge in [-0.3, -0.25) is 4.79 Å². The summed E-state index contributed by atoms with van der Waals surface area (Å²) in [4.78, 5) is 11.6. The van der Waals surface area contributed by atoms with Crippen molar-refractivity contribution in [1.29, 1.82) is 0 Å². The van der Waals surface area contributed by atoms with E-state index in [0.29, 0.717) is 5.75 Å². The molecule has 1 amide bonds. The Morgan fingerprint density at radius 2 is 2.37 bits per heavy atom. The molecule has 0 bridgehead atoms. The molecule has 0 radical (unpaired) electrons. The van der Waals surface area contributed by atoms with Crippen LogP contribution in [-0.2, 0) is 4.79 Å². The summed E-state index contributed by atoms with van der Waals surface area (Å²) >= 11 is 1.67. The summed E-state index contributed by atoms with van der Waals surface area (Å²) in [5.41, 5.74) is 0.729. The van der Waals surface area contributed by atoms with Gasteiger partial charge < -0.3 is 15.4 Å². The molecule has 0 saturated heterocycles. The highest BCUT2D eigenvalue weighted by atomic mass is 32.2. The van der Waals surface area contributed by atoms with Crippen molar-refractivity contribution in [3.63, 3.8) is 0 Å². The van der Waals surface area contributed by atoms with Gasteiger partial charge in [-0.25, -0.2) is 0 Å². The number of carbonyl (C=O) groups excluding carboxylic acids is 1. The molecule has 2 N–H and O–H groups in total. The lowest BCUT2D eigenvalue weighted by Gasteiger charge is -2.07. The first-order valence-corrected chi connectivity index (χ1v) is 7.07. The molecule has 0 aliphatic rings. The van der Waals surface area contributed by atoms with Gasteiger partial charge >= 0.3 is 0 Å². The zero-order valence-corrected chi connectivity index (χ0v) is 11.8. The van der Waals surface area contributed by atoms with Gasteiger partial charge in [-0.2, -0.15) is 0 Å². The zero-order chi connectivity index (χ0) is 13.9. The van der Waals surface area contributed by atoms with Crippen LogP contribution in [0.1, 0.15) is 0 Å². The van der Waals surface area contributed by atoms with Crippen molar-refractivity contribution in [2.24, 2.45) is 0 Å². The molecule has 0 saturated carbocycles. The Morgan fingerprint density at radius 1 is 1.53 bits per heavy atom. The minimum Gasteiger partial charge on any atom is -0.497 e. The van der Waals surface area contributed by atoms with Gasteiger partial charge in [-0.1, -0.05) is 12.0 Å². The second-order valence-electron chi connectivity index (χ2n) is 3.71. The van der Waals surface area contributed by atoms with Crippen molar-refractivity contribution in [2.45, 2.75) is 0 Å². The summed E-state index contributed by atoms with van der Waals surface area (Å²) in [6.45, 7) is 1.05. The van der Waals surface area contributed by atoms with E-state index in [-0.39, 0.29) is 12.5 Å². The van der Waals surface area contributed by atoms with E-state index in [1.165, 1.54) is 0 Å². The Bertz CT molecular complexity index is 443. The molecule has 1 rings (SSSR count). The van der Waals surface area contributed by atoms with Crippen molar-refractivity contribution in [2.75, 3.05) is 37.0 Å². The van der Waals surface area contributed by atoms with Crippen LogP contribution in [0, 0.1) is 12.3 Å². The molecular formula is C14H18N2O2S. The van der Waals surface area contributed by atoms with Crippen LogP contribution in [-0.4, -0.2) is 37.6 Å². The van der Waals surface area contributed by atoms with E-state index >= 15 is 0 Å². The molecule has 5 heteroatoms. The zero-order valence-electron chi connectivity index (χ0n) is 10.9. The number of terminal acetylenes is 1. The van der Waals surface area contributed by atoms with Crippen LogP contribution in [0.25, 0.3) is 0 Å². The average Bonchev–Trinajstić information content (AvgIpc) is 2.43. The molecule has 0 spiro atoms. The van der Waals surface area contributed by atoms with E-state index in [0.717, 1.165) is 23.7 Å². The summed E-state index contributed by atoms with van der Waals surface area (Å²) < 4.78 is 5.09. The maximum absolute atomic E-state index is 11.6. The van der Waals surface area contributed by atoms with Gasteiger partial charge in [0.25, 0.3) is 0 Å². The number of hydrogen-bond acceptors (Lipinski definition) is 4. The Kier molecular flexibility index (Phi) is 7.56. The summed E-state index contributed by atoms with van der Waals surface area (Å²) in [5, 5.41) is 5.86. The largest absolute Gasteiger partial charge is 0.497 e. The first-order valence-electron chi connectivity index (χ1n) is 5.92. The van der Waals surface area contributed by atoms with Gasteiger partial charge in [0.1, 0.15) is 5.75 Å². The predicted molar refractivity (Wildman–Crippen MR) is 80.7 cm³/mol. The van der Waals surface area contributed by atoms with Crippen molar-refractivity contribution < 1.29 is 9.53 Å². The fraction of sp³-hybridized carbons (Fsp3) is 0.357. The Balaban J connectivity index is 2.22. The van der Waals surface area contributed by atoms with Crippen molar-refractivity contribution in [3.8, 4) is 18.1 Å². The average molecular weight is 278 g/mol.